The minimum Gasteiger partial charge on any atom is -0.254 e. The van der Waals surface area contributed by atoms with Gasteiger partial charge in [-0.25, -0.2) is 15.0 Å². The van der Waals surface area contributed by atoms with Crippen molar-refractivity contribution in [2.75, 3.05) is 0 Å². The first kappa shape index (κ1) is 24.6. The van der Waals surface area contributed by atoms with Gasteiger partial charge in [-0.3, -0.25) is 4.98 Å². The molecule has 9 aromatic rings. The predicted molar refractivity (Wildman–Crippen MR) is 181 cm³/mol. The van der Waals surface area contributed by atoms with Crippen LogP contribution in [0, 0.1) is 0 Å². The summed E-state index contributed by atoms with van der Waals surface area (Å²) in [6.07, 6.45) is 5.51. The smallest absolute Gasteiger partial charge is 0.159 e. The van der Waals surface area contributed by atoms with Crippen molar-refractivity contribution in [3.05, 3.63) is 146 Å². The molecule has 9 rings (SSSR count). The zero-order chi connectivity index (χ0) is 29.0. The van der Waals surface area contributed by atoms with E-state index in [1.807, 2.05) is 30.7 Å². The first-order valence-corrected chi connectivity index (χ1v) is 14.7. The van der Waals surface area contributed by atoms with Gasteiger partial charge in [0.25, 0.3) is 0 Å². The van der Waals surface area contributed by atoms with E-state index in [1.165, 1.54) is 37.9 Å². The molecule has 4 nitrogen and oxygen atoms in total. The van der Waals surface area contributed by atoms with Crippen molar-refractivity contribution in [2.45, 2.75) is 0 Å². The standard InChI is InChI=1S/C40H24N4/c1-2-9-33-31(7-1)32-8-3-4-10-34(32)36-22-29(17-19-35(33)36)25-11-15-28(16-12-25)40-42-23-30(24-43-40)37-20-18-27-14-13-26-6-5-21-41-38(26)39(27)44-37/h1-24H. The van der Waals surface area contributed by atoms with Crippen molar-refractivity contribution < 1.29 is 0 Å². The zero-order valence-corrected chi connectivity index (χ0v) is 23.6. The zero-order valence-electron chi connectivity index (χ0n) is 23.6. The normalized spacial score (nSPS) is 11.6. The molecule has 0 radical (unpaired) electrons. The first-order valence-electron chi connectivity index (χ1n) is 14.7. The van der Waals surface area contributed by atoms with Crippen LogP contribution in [0.2, 0.25) is 0 Å². The summed E-state index contributed by atoms with van der Waals surface area (Å²) in [5.74, 6) is 0.684. The lowest BCUT2D eigenvalue weighted by Gasteiger charge is -2.12. The van der Waals surface area contributed by atoms with Crippen molar-refractivity contribution in [1.29, 1.82) is 0 Å². The lowest BCUT2D eigenvalue weighted by Crippen LogP contribution is -1.93. The maximum Gasteiger partial charge on any atom is 0.159 e. The number of rotatable bonds is 3. The Morgan fingerprint density at radius 1 is 0.364 bits per heavy atom. The van der Waals surface area contributed by atoms with E-state index in [2.05, 4.69) is 120 Å². The van der Waals surface area contributed by atoms with Gasteiger partial charge >= 0.3 is 0 Å². The van der Waals surface area contributed by atoms with Crippen molar-refractivity contribution in [3.63, 3.8) is 0 Å². The second-order valence-electron chi connectivity index (χ2n) is 11.1. The third kappa shape index (κ3) is 3.92. The number of nitrogens with zero attached hydrogens (tertiary/aromatic N) is 4. The molecule has 0 aliphatic carbocycles. The molecule has 4 heteroatoms. The van der Waals surface area contributed by atoms with E-state index in [9.17, 15) is 0 Å². The summed E-state index contributed by atoms with van der Waals surface area (Å²) in [6, 6.07) is 44.9. The highest BCUT2D eigenvalue weighted by molar-refractivity contribution is 6.25. The number of aromatic nitrogens is 4. The fraction of sp³-hybridized carbons (Fsp3) is 0. The van der Waals surface area contributed by atoms with Crippen molar-refractivity contribution in [2.24, 2.45) is 0 Å². The summed E-state index contributed by atoms with van der Waals surface area (Å²) < 4.78 is 0. The van der Waals surface area contributed by atoms with Gasteiger partial charge in [0.05, 0.1) is 16.7 Å². The fourth-order valence-corrected chi connectivity index (χ4v) is 6.39. The van der Waals surface area contributed by atoms with Crippen LogP contribution in [0.15, 0.2) is 146 Å². The van der Waals surface area contributed by atoms with Crippen LogP contribution < -0.4 is 0 Å². The Hall–Kier alpha value is -6.00. The molecule has 0 N–H and O–H groups in total. The van der Waals surface area contributed by atoms with E-state index in [-0.39, 0.29) is 0 Å². The molecule has 0 aliphatic rings. The molecule has 0 bridgehead atoms. The Balaban J connectivity index is 1.05. The third-order valence-corrected chi connectivity index (χ3v) is 8.60. The SMILES string of the molecule is c1cnc2c(c1)ccc1ccc(-c3cnc(-c4ccc(-c5ccc6c7ccccc7c7ccccc7c6c5)cc4)nc3)nc12. The van der Waals surface area contributed by atoms with Crippen LogP contribution in [0.25, 0.3) is 87.9 Å². The van der Waals surface area contributed by atoms with Gasteiger partial charge in [-0.15, -0.1) is 0 Å². The largest absolute Gasteiger partial charge is 0.254 e. The summed E-state index contributed by atoms with van der Waals surface area (Å²) in [5, 5.41) is 9.82. The van der Waals surface area contributed by atoms with E-state index in [0.717, 1.165) is 44.2 Å². The van der Waals surface area contributed by atoms with E-state index in [4.69, 9.17) is 15.0 Å². The molecule has 0 fully saturated rings. The summed E-state index contributed by atoms with van der Waals surface area (Å²) in [6.45, 7) is 0. The minimum atomic E-state index is 0.684. The second-order valence-corrected chi connectivity index (χ2v) is 11.1. The Labute approximate surface area is 253 Å². The predicted octanol–water partition coefficient (Wildman–Crippen LogP) is 10.0. The van der Waals surface area contributed by atoms with E-state index in [0.29, 0.717) is 5.82 Å². The van der Waals surface area contributed by atoms with Gasteiger partial charge in [0.1, 0.15) is 0 Å². The number of pyridine rings is 2. The van der Waals surface area contributed by atoms with Crippen molar-refractivity contribution in [3.8, 4) is 33.8 Å². The summed E-state index contributed by atoms with van der Waals surface area (Å²) in [5.41, 5.74) is 6.80. The summed E-state index contributed by atoms with van der Waals surface area (Å²) >= 11 is 0. The molecule has 3 aromatic heterocycles. The van der Waals surface area contributed by atoms with E-state index in [1.54, 1.807) is 0 Å². The van der Waals surface area contributed by atoms with E-state index >= 15 is 0 Å². The second kappa shape index (κ2) is 9.79. The maximum absolute atomic E-state index is 4.94. The topological polar surface area (TPSA) is 51.6 Å². The Morgan fingerprint density at radius 3 is 1.64 bits per heavy atom. The van der Waals surface area contributed by atoms with Gasteiger partial charge in [0, 0.05) is 40.5 Å². The quantitative estimate of drug-likeness (QED) is 0.202. The van der Waals surface area contributed by atoms with Gasteiger partial charge in [0.15, 0.2) is 5.82 Å². The van der Waals surface area contributed by atoms with Gasteiger partial charge in [-0.2, -0.15) is 0 Å². The van der Waals surface area contributed by atoms with E-state index < -0.39 is 0 Å². The number of hydrogen-bond acceptors (Lipinski definition) is 4. The van der Waals surface area contributed by atoms with Crippen LogP contribution >= 0.6 is 0 Å². The number of hydrogen-bond donors (Lipinski definition) is 0. The monoisotopic (exact) mass is 560 g/mol. The van der Waals surface area contributed by atoms with Crippen LogP contribution in [0.5, 0.6) is 0 Å². The number of benzene rings is 6. The average molecular weight is 561 g/mol. The average Bonchev–Trinajstić information content (AvgIpc) is 3.11. The van der Waals surface area contributed by atoms with Crippen LogP contribution in [-0.2, 0) is 0 Å². The van der Waals surface area contributed by atoms with Crippen molar-refractivity contribution >= 4 is 54.1 Å². The Morgan fingerprint density at radius 2 is 0.932 bits per heavy atom. The van der Waals surface area contributed by atoms with Crippen molar-refractivity contribution in [1.82, 2.24) is 19.9 Å². The highest BCUT2D eigenvalue weighted by atomic mass is 14.9. The molecule has 204 valence electrons. The molecule has 0 saturated carbocycles. The van der Waals surface area contributed by atoms with Crippen LogP contribution in [0.1, 0.15) is 0 Å². The molecule has 0 aliphatic heterocycles. The molecule has 0 atom stereocenters. The van der Waals surface area contributed by atoms with Gasteiger partial charge in [-0.1, -0.05) is 109 Å². The van der Waals surface area contributed by atoms with Crippen LogP contribution in [0.4, 0.5) is 0 Å². The lowest BCUT2D eigenvalue weighted by molar-refractivity contribution is 1.17. The molecule has 3 heterocycles. The highest BCUT2D eigenvalue weighted by Gasteiger charge is 2.11. The van der Waals surface area contributed by atoms with Crippen LogP contribution in [0.3, 0.4) is 0 Å². The van der Waals surface area contributed by atoms with Gasteiger partial charge in [0.2, 0.25) is 0 Å². The molecule has 6 aromatic carbocycles. The van der Waals surface area contributed by atoms with Gasteiger partial charge in [-0.05, 0) is 61.6 Å². The molecular formula is C40H24N4. The summed E-state index contributed by atoms with van der Waals surface area (Å²) in [4.78, 5) is 18.9. The van der Waals surface area contributed by atoms with Gasteiger partial charge < -0.3 is 0 Å². The lowest BCUT2D eigenvalue weighted by atomic mass is 9.92. The molecular weight excluding hydrogens is 536 g/mol. The number of fused-ring (bicyclic) bond motifs is 9. The minimum absolute atomic E-state index is 0.684. The molecule has 0 spiro atoms. The maximum atomic E-state index is 4.94. The highest BCUT2D eigenvalue weighted by Crippen LogP contribution is 2.37. The Bertz CT molecular complexity index is 2500. The molecule has 0 amide bonds. The molecule has 0 unspecified atom stereocenters. The summed E-state index contributed by atoms with van der Waals surface area (Å²) in [7, 11) is 0. The molecule has 0 saturated heterocycles. The first-order chi connectivity index (χ1) is 21.8. The third-order valence-electron chi connectivity index (χ3n) is 8.60. The fourth-order valence-electron chi connectivity index (χ4n) is 6.39. The molecule has 44 heavy (non-hydrogen) atoms. The van der Waals surface area contributed by atoms with Crippen LogP contribution in [-0.4, -0.2) is 19.9 Å². The Kier molecular flexibility index (Phi) is 5.47.